The Labute approximate surface area is 116 Å². The normalized spacial score (nSPS) is 23.1. The number of nitrogens with two attached hydrogens (primary N) is 1. The molecule has 0 aromatic heterocycles. The van der Waals surface area contributed by atoms with Crippen LogP contribution >= 0.6 is 0 Å². The average molecular weight is 263 g/mol. The molecule has 0 spiro atoms. The van der Waals surface area contributed by atoms with Gasteiger partial charge in [0.1, 0.15) is 17.6 Å². The zero-order valence-electron chi connectivity index (χ0n) is 12.0. The Bertz CT molecular complexity index is 406. The molecule has 1 aromatic rings. The molecule has 0 heterocycles. The summed E-state index contributed by atoms with van der Waals surface area (Å²) >= 11 is 0. The summed E-state index contributed by atoms with van der Waals surface area (Å²) in [5.41, 5.74) is 6.84. The van der Waals surface area contributed by atoms with Crippen LogP contribution in [-0.2, 0) is 6.54 Å². The van der Waals surface area contributed by atoms with E-state index in [1.807, 2.05) is 18.2 Å². The first-order valence-electron chi connectivity index (χ1n) is 7.32. The molecule has 1 aromatic carbocycles. The van der Waals surface area contributed by atoms with Gasteiger partial charge in [0.25, 0.3) is 0 Å². The van der Waals surface area contributed by atoms with Crippen LogP contribution in [0.3, 0.4) is 0 Å². The highest BCUT2D eigenvalue weighted by atomic mass is 16.5. The smallest absolute Gasteiger partial charge is 0.124 e. The lowest BCUT2D eigenvalue weighted by molar-refractivity contribution is 0.0893. The first-order valence-corrected chi connectivity index (χ1v) is 7.32. The van der Waals surface area contributed by atoms with Crippen molar-refractivity contribution < 1.29 is 9.47 Å². The molecule has 2 N–H and O–H groups in total. The molecule has 0 radical (unpaired) electrons. The van der Waals surface area contributed by atoms with Gasteiger partial charge in [-0.15, -0.1) is 0 Å². The Morgan fingerprint density at radius 2 is 2.05 bits per heavy atom. The van der Waals surface area contributed by atoms with Gasteiger partial charge in [0.05, 0.1) is 7.11 Å². The predicted molar refractivity (Wildman–Crippen MR) is 77.6 cm³/mol. The van der Waals surface area contributed by atoms with Crippen molar-refractivity contribution in [3.63, 3.8) is 0 Å². The van der Waals surface area contributed by atoms with Crippen LogP contribution in [0.1, 0.15) is 44.6 Å². The van der Waals surface area contributed by atoms with Crippen molar-refractivity contribution in [2.24, 2.45) is 11.7 Å². The first-order chi connectivity index (χ1) is 9.28. The predicted octanol–water partition coefficient (Wildman–Crippen LogP) is 3.50. The monoisotopic (exact) mass is 263 g/mol. The Hall–Kier alpha value is -1.22. The molecule has 1 aliphatic rings. The van der Waals surface area contributed by atoms with E-state index in [4.69, 9.17) is 15.2 Å². The van der Waals surface area contributed by atoms with E-state index in [2.05, 4.69) is 6.92 Å². The van der Waals surface area contributed by atoms with Crippen molar-refractivity contribution in [2.45, 2.75) is 51.7 Å². The molecule has 106 valence electrons. The van der Waals surface area contributed by atoms with Crippen molar-refractivity contribution in [2.75, 3.05) is 7.11 Å². The first kappa shape index (κ1) is 14.2. The number of hydrogen-bond donors (Lipinski definition) is 1. The van der Waals surface area contributed by atoms with Crippen LogP contribution < -0.4 is 15.2 Å². The molecule has 2 atom stereocenters. The van der Waals surface area contributed by atoms with Crippen LogP contribution in [0.5, 0.6) is 11.5 Å². The molecule has 0 bridgehead atoms. The molecule has 1 aliphatic carbocycles. The van der Waals surface area contributed by atoms with Gasteiger partial charge >= 0.3 is 0 Å². The summed E-state index contributed by atoms with van der Waals surface area (Å²) in [5.74, 6) is 2.44. The Morgan fingerprint density at radius 3 is 2.74 bits per heavy atom. The molecule has 2 unspecified atom stereocenters. The second kappa shape index (κ2) is 6.80. The molecule has 19 heavy (non-hydrogen) atoms. The van der Waals surface area contributed by atoms with Gasteiger partial charge in [-0.05, 0) is 49.8 Å². The highest BCUT2D eigenvalue weighted by Crippen LogP contribution is 2.32. The van der Waals surface area contributed by atoms with Gasteiger partial charge in [-0.25, -0.2) is 0 Å². The van der Waals surface area contributed by atoms with E-state index in [0.29, 0.717) is 18.6 Å². The summed E-state index contributed by atoms with van der Waals surface area (Å²) in [6, 6.07) is 5.90. The fourth-order valence-electron chi connectivity index (χ4n) is 2.92. The van der Waals surface area contributed by atoms with Crippen LogP contribution in [-0.4, -0.2) is 13.2 Å². The van der Waals surface area contributed by atoms with Crippen LogP contribution in [0.2, 0.25) is 0 Å². The van der Waals surface area contributed by atoms with Crippen molar-refractivity contribution in [1.29, 1.82) is 0 Å². The SMILES string of the molecule is CCC1CCCCC1Oc1ccc(OC)cc1CN. The fourth-order valence-corrected chi connectivity index (χ4v) is 2.92. The standard InChI is InChI=1S/C16H25NO2/c1-3-12-6-4-5-7-15(12)19-16-9-8-14(18-2)10-13(16)11-17/h8-10,12,15H,3-7,11,17H2,1-2H3. The topological polar surface area (TPSA) is 44.5 Å². The largest absolute Gasteiger partial charge is 0.497 e. The van der Waals surface area contributed by atoms with Gasteiger partial charge in [-0.3, -0.25) is 0 Å². The maximum atomic E-state index is 6.24. The van der Waals surface area contributed by atoms with Gasteiger partial charge in [0.15, 0.2) is 0 Å². The third-order valence-corrected chi connectivity index (χ3v) is 4.13. The molecular formula is C16H25NO2. The lowest BCUT2D eigenvalue weighted by atomic mass is 9.84. The van der Waals surface area contributed by atoms with Crippen molar-refractivity contribution in [1.82, 2.24) is 0 Å². The quantitative estimate of drug-likeness (QED) is 0.884. The lowest BCUT2D eigenvalue weighted by Crippen LogP contribution is -2.30. The van der Waals surface area contributed by atoms with Crippen LogP contribution in [0.25, 0.3) is 0 Å². The minimum Gasteiger partial charge on any atom is -0.497 e. The Morgan fingerprint density at radius 1 is 1.26 bits per heavy atom. The van der Waals surface area contributed by atoms with E-state index in [9.17, 15) is 0 Å². The van der Waals surface area contributed by atoms with Gasteiger partial charge < -0.3 is 15.2 Å². The van der Waals surface area contributed by atoms with Crippen LogP contribution in [0.4, 0.5) is 0 Å². The molecule has 1 saturated carbocycles. The number of rotatable bonds is 5. The maximum Gasteiger partial charge on any atom is 0.124 e. The molecular weight excluding hydrogens is 238 g/mol. The molecule has 1 fully saturated rings. The molecule has 0 saturated heterocycles. The van der Waals surface area contributed by atoms with Gasteiger partial charge in [-0.1, -0.05) is 13.3 Å². The number of ether oxygens (including phenoxy) is 2. The van der Waals surface area contributed by atoms with Gasteiger partial charge in [-0.2, -0.15) is 0 Å². The summed E-state index contributed by atoms with van der Waals surface area (Å²) in [6.07, 6.45) is 6.60. The number of hydrogen-bond acceptors (Lipinski definition) is 3. The van der Waals surface area contributed by atoms with Crippen LogP contribution in [0, 0.1) is 5.92 Å². The minimum atomic E-state index is 0.345. The summed E-state index contributed by atoms with van der Waals surface area (Å²) < 4.78 is 11.5. The number of benzene rings is 1. The van der Waals surface area contributed by atoms with Gasteiger partial charge in [0.2, 0.25) is 0 Å². The van der Waals surface area contributed by atoms with E-state index < -0.39 is 0 Å². The van der Waals surface area contributed by atoms with Crippen LogP contribution in [0.15, 0.2) is 18.2 Å². The fraction of sp³-hybridized carbons (Fsp3) is 0.625. The molecule has 0 aliphatic heterocycles. The summed E-state index contributed by atoms with van der Waals surface area (Å²) in [5, 5.41) is 0. The highest BCUT2D eigenvalue weighted by molar-refractivity contribution is 5.40. The highest BCUT2D eigenvalue weighted by Gasteiger charge is 2.25. The summed E-state index contributed by atoms with van der Waals surface area (Å²) in [7, 11) is 1.67. The van der Waals surface area contributed by atoms with E-state index in [1.165, 1.54) is 25.7 Å². The van der Waals surface area contributed by atoms with E-state index in [-0.39, 0.29) is 0 Å². The van der Waals surface area contributed by atoms with Gasteiger partial charge in [0, 0.05) is 12.1 Å². The summed E-state index contributed by atoms with van der Waals surface area (Å²) in [4.78, 5) is 0. The third kappa shape index (κ3) is 3.41. The van der Waals surface area contributed by atoms with Crippen molar-refractivity contribution in [3.05, 3.63) is 23.8 Å². The second-order valence-electron chi connectivity index (χ2n) is 5.29. The van der Waals surface area contributed by atoms with Crippen molar-refractivity contribution >= 4 is 0 Å². The maximum absolute atomic E-state index is 6.24. The zero-order chi connectivity index (χ0) is 13.7. The minimum absolute atomic E-state index is 0.345. The summed E-state index contributed by atoms with van der Waals surface area (Å²) in [6.45, 7) is 2.74. The number of methoxy groups -OCH3 is 1. The molecule has 3 heteroatoms. The molecule has 3 nitrogen and oxygen atoms in total. The third-order valence-electron chi connectivity index (χ3n) is 4.13. The average Bonchev–Trinajstić information content (AvgIpc) is 2.48. The Balaban J connectivity index is 2.12. The van der Waals surface area contributed by atoms with E-state index in [1.54, 1.807) is 7.11 Å². The molecule has 2 rings (SSSR count). The van der Waals surface area contributed by atoms with E-state index >= 15 is 0 Å². The zero-order valence-corrected chi connectivity index (χ0v) is 12.0. The second-order valence-corrected chi connectivity index (χ2v) is 5.29. The Kier molecular flexibility index (Phi) is 5.08. The van der Waals surface area contributed by atoms with Crippen molar-refractivity contribution in [3.8, 4) is 11.5 Å². The lowest BCUT2D eigenvalue weighted by Gasteiger charge is -2.31. The molecule has 0 amide bonds. The van der Waals surface area contributed by atoms with E-state index in [0.717, 1.165) is 23.5 Å².